The van der Waals surface area contributed by atoms with Crippen molar-refractivity contribution in [3.63, 3.8) is 0 Å². The Morgan fingerprint density at radius 1 is 1.23 bits per heavy atom. The van der Waals surface area contributed by atoms with Crippen LogP contribution < -0.4 is 10.1 Å². The number of anilines is 1. The molecule has 0 unspecified atom stereocenters. The van der Waals surface area contributed by atoms with Crippen LogP contribution in [-0.4, -0.2) is 49.3 Å². The van der Waals surface area contributed by atoms with Crippen LogP contribution >= 0.6 is 22.7 Å². The maximum atomic E-state index is 12.5. The van der Waals surface area contributed by atoms with Crippen molar-refractivity contribution >= 4 is 44.1 Å². The highest BCUT2D eigenvalue weighted by atomic mass is 32.1. The molecule has 0 aliphatic carbocycles. The third-order valence-corrected chi connectivity index (χ3v) is 6.28. The zero-order valence-corrected chi connectivity index (χ0v) is 16.2. The number of urea groups is 1. The van der Waals surface area contributed by atoms with Gasteiger partial charge in [-0.15, -0.1) is 11.3 Å². The van der Waals surface area contributed by atoms with Gasteiger partial charge in [0, 0.05) is 28.4 Å². The quantitative estimate of drug-likeness (QED) is 0.729. The first-order valence-electron chi connectivity index (χ1n) is 8.33. The van der Waals surface area contributed by atoms with Gasteiger partial charge in [-0.05, 0) is 31.2 Å². The standard InChI is InChI=1S/C18H19N3O3S2/c1-11-3-6-14(25-11)12-4-5-13(23-2)15-16(12)26-17(19-15)20-18(22)21-7-9-24-10-8-21/h3-6H,7-10H2,1-2H3,(H,19,20,22). The van der Waals surface area contributed by atoms with E-state index in [1.54, 1.807) is 23.3 Å². The van der Waals surface area contributed by atoms with Gasteiger partial charge in [0.2, 0.25) is 0 Å². The van der Waals surface area contributed by atoms with Crippen molar-refractivity contribution < 1.29 is 14.3 Å². The summed E-state index contributed by atoms with van der Waals surface area (Å²) in [6, 6.07) is 8.07. The molecule has 6 nitrogen and oxygen atoms in total. The number of fused-ring (bicyclic) bond motifs is 1. The number of aromatic nitrogens is 1. The number of amides is 2. The minimum atomic E-state index is -0.139. The number of hydrogen-bond donors (Lipinski definition) is 1. The second-order valence-electron chi connectivity index (χ2n) is 5.95. The third-order valence-electron chi connectivity index (χ3n) is 4.24. The van der Waals surface area contributed by atoms with Gasteiger partial charge in [-0.1, -0.05) is 11.3 Å². The first-order valence-corrected chi connectivity index (χ1v) is 9.97. The molecular weight excluding hydrogens is 370 g/mol. The second-order valence-corrected chi connectivity index (χ2v) is 8.24. The Morgan fingerprint density at radius 3 is 2.73 bits per heavy atom. The molecule has 2 aromatic heterocycles. The largest absolute Gasteiger partial charge is 0.494 e. The molecule has 1 saturated heterocycles. The number of hydrogen-bond acceptors (Lipinski definition) is 6. The zero-order valence-electron chi connectivity index (χ0n) is 14.6. The summed E-state index contributed by atoms with van der Waals surface area (Å²) in [4.78, 5) is 21.3. The van der Waals surface area contributed by atoms with Gasteiger partial charge in [0.15, 0.2) is 5.13 Å². The number of benzene rings is 1. The fourth-order valence-corrected chi connectivity index (χ4v) is 4.87. The summed E-state index contributed by atoms with van der Waals surface area (Å²) >= 11 is 3.22. The normalized spacial score (nSPS) is 14.6. The smallest absolute Gasteiger partial charge is 0.323 e. The Balaban J connectivity index is 1.69. The van der Waals surface area contributed by atoms with Gasteiger partial charge in [-0.2, -0.15) is 0 Å². The minimum absolute atomic E-state index is 0.139. The van der Waals surface area contributed by atoms with Crippen molar-refractivity contribution in [2.75, 3.05) is 38.7 Å². The summed E-state index contributed by atoms with van der Waals surface area (Å²) in [6.45, 7) is 4.43. The molecule has 1 fully saturated rings. The van der Waals surface area contributed by atoms with Crippen molar-refractivity contribution in [2.24, 2.45) is 0 Å². The van der Waals surface area contributed by atoms with E-state index in [2.05, 4.69) is 35.4 Å². The number of thiophene rings is 1. The lowest BCUT2D eigenvalue weighted by Gasteiger charge is -2.26. The van der Waals surface area contributed by atoms with Crippen LogP contribution in [0.15, 0.2) is 24.3 Å². The lowest BCUT2D eigenvalue weighted by molar-refractivity contribution is 0.0564. The van der Waals surface area contributed by atoms with Crippen LogP contribution in [0.4, 0.5) is 9.93 Å². The van der Waals surface area contributed by atoms with Gasteiger partial charge in [-0.3, -0.25) is 5.32 Å². The molecule has 0 bridgehead atoms. The van der Waals surface area contributed by atoms with E-state index >= 15 is 0 Å². The van der Waals surface area contributed by atoms with Gasteiger partial charge in [0.1, 0.15) is 11.3 Å². The van der Waals surface area contributed by atoms with E-state index in [1.165, 1.54) is 21.1 Å². The molecule has 3 aromatic rings. The summed E-state index contributed by atoms with van der Waals surface area (Å²) < 4.78 is 11.8. The van der Waals surface area contributed by atoms with Crippen molar-refractivity contribution in [1.29, 1.82) is 0 Å². The Hall–Kier alpha value is -2.16. The molecule has 0 radical (unpaired) electrons. The fraction of sp³-hybridized carbons (Fsp3) is 0.333. The van der Waals surface area contributed by atoms with Crippen molar-refractivity contribution in [1.82, 2.24) is 9.88 Å². The van der Waals surface area contributed by atoms with Gasteiger partial charge in [-0.25, -0.2) is 9.78 Å². The first-order chi connectivity index (χ1) is 12.7. The molecule has 4 rings (SSSR count). The van der Waals surface area contributed by atoms with Gasteiger partial charge >= 0.3 is 6.03 Å². The van der Waals surface area contributed by atoms with Crippen LogP contribution in [0, 0.1) is 6.92 Å². The van der Waals surface area contributed by atoms with E-state index in [4.69, 9.17) is 9.47 Å². The van der Waals surface area contributed by atoms with E-state index in [9.17, 15) is 4.79 Å². The van der Waals surface area contributed by atoms with Crippen molar-refractivity contribution in [3.05, 3.63) is 29.1 Å². The summed E-state index contributed by atoms with van der Waals surface area (Å²) in [6.07, 6.45) is 0. The Kier molecular flexibility index (Phi) is 4.80. The highest BCUT2D eigenvalue weighted by Gasteiger charge is 2.20. The van der Waals surface area contributed by atoms with Gasteiger partial charge < -0.3 is 14.4 Å². The van der Waals surface area contributed by atoms with Crippen molar-refractivity contribution in [3.8, 4) is 16.2 Å². The van der Waals surface area contributed by atoms with E-state index in [1.807, 2.05) is 6.07 Å². The average Bonchev–Trinajstić information content (AvgIpc) is 3.27. The minimum Gasteiger partial charge on any atom is -0.494 e. The molecule has 3 heterocycles. The Morgan fingerprint density at radius 2 is 2.04 bits per heavy atom. The summed E-state index contributed by atoms with van der Waals surface area (Å²) in [7, 11) is 1.63. The predicted octanol–water partition coefficient (Wildman–Crippen LogP) is 4.21. The summed E-state index contributed by atoms with van der Waals surface area (Å²) in [5, 5.41) is 3.50. The number of thiazole rings is 1. The number of carbonyl (C=O) groups excluding carboxylic acids is 1. The van der Waals surface area contributed by atoms with Crippen LogP contribution in [0.1, 0.15) is 4.88 Å². The van der Waals surface area contributed by atoms with E-state index in [0.717, 1.165) is 15.8 Å². The number of nitrogens with zero attached hydrogens (tertiary/aromatic N) is 2. The Bertz CT molecular complexity index is 944. The Labute approximate surface area is 159 Å². The molecule has 1 aliphatic rings. The van der Waals surface area contributed by atoms with Crippen molar-refractivity contribution in [2.45, 2.75) is 6.92 Å². The molecule has 1 aliphatic heterocycles. The summed E-state index contributed by atoms with van der Waals surface area (Å²) in [5.74, 6) is 0.708. The maximum Gasteiger partial charge on any atom is 0.323 e. The molecule has 0 spiro atoms. The molecule has 0 saturated carbocycles. The number of methoxy groups -OCH3 is 1. The third kappa shape index (κ3) is 3.27. The van der Waals surface area contributed by atoms with Crippen LogP contribution in [0.2, 0.25) is 0 Å². The molecule has 8 heteroatoms. The van der Waals surface area contributed by atoms with E-state index in [0.29, 0.717) is 37.2 Å². The highest BCUT2D eigenvalue weighted by Crippen LogP contribution is 2.41. The number of morpholine rings is 1. The van der Waals surface area contributed by atoms with Crippen LogP contribution in [0.5, 0.6) is 5.75 Å². The van der Waals surface area contributed by atoms with E-state index in [-0.39, 0.29) is 6.03 Å². The first kappa shape index (κ1) is 17.3. The molecular formula is C18H19N3O3S2. The fourth-order valence-electron chi connectivity index (χ4n) is 2.91. The molecule has 2 amide bonds. The zero-order chi connectivity index (χ0) is 18.1. The number of nitrogens with one attached hydrogen (secondary N) is 1. The summed E-state index contributed by atoms with van der Waals surface area (Å²) in [5.41, 5.74) is 1.89. The molecule has 1 aromatic carbocycles. The SMILES string of the molecule is COc1ccc(-c2ccc(C)s2)c2sc(NC(=O)N3CCOCC3)nc12. The van der Waals surface area contributed by atoms with Crippen LogP contribution in [-0.2, 0) is 4.74 Å². The number of aryl methyl sites for hydroxylation is 1. The topological polar surface area (TPSA) is 63.7 Å². The number of ether oxygens (including phenoxy) is 2. The number of rotatable bonds is 3. The second kappa shape index (κ2) is 7.22. The van der Waals surface area contributed by atoms with E-state index < -0.39 is 0 Å². The predicted molar refractivity (Wildman–Crippen MR) is 106 cm³/mol. The lowest BCUT2D eigenvalue weighted by Crippen LogP contribution is -2.43. The van der Waals surface area contributed by atoms with Crippen LogP contribution in [0.3, 0.4) is 0 Å². The monoisotopic (exact) mass is 389 g/mol. The molecule has 1 N–H and O–H groups in total. The van der Waals surface area contributed by atoms with Crippen LogP contribution in [0.25, 0.3) is 20.7 Å². The lowest BCUT2D eigenvalue weighted by atomic mass is 10.1. The average molecular weight is 390 g/mol. The number of carbonyl (C=O) groups is 1. The maximum absolute atomic E-state index is 12.5. The molecule has 136 valence electrons. The highest BCUT2D eigenvalue weighted by molar-refractivity contribution is 7.23. The molecule has 0 atom stereocenters. The van der Waals surface area contributed by atoms with Gasteiger partial charge in [0.05, 0.1) is 25.0 Å². The van der Waals surface area contributed by atoms with Gasteiger partial charge in [0.25, 0.3) is 0 Å². The molecule has 26 heavy (non-hydrogen) atoms.